The summed E-state index contributed by atoms with van der Waals surface area (Å²) in [6.07, 6.45) is -3.90. The fourth-order valence-electron chi connectivity index (χ4n) is 6.97. The Labute approximate surface area is 255 Å². The van der Waals surface area contributed by atoms with E-state index in [0.29, 0.717) is 6.42 Å². The van der Waals surface area contributed by atoms with Crippen molar-refractivity contribution in [2.75, 3.05) is 14.2 Å². The number of carbonyl (C=O) groups excluding carboxylic acids is 2. The molecule has 2 saturated heterocycles. The van der Waals surface area contributed by atoms with Gasteiger partial charge in [0.2, 0.25) is 0 Å². The third kappa shape index (κ3) is 7.81. The van der Waals surface area contributed by atoms with Crippen molar-refractivity contribution in [1.29, 1.82) is 0 Å². The molecule has 2 aliphatic rings. The number of aliphatic hydroxyl groups is 3. The van der Waals surface area contributed by atoms with E-state index in [1.165, 1.54) is 14.0 Å². The molecule has 11 heteroatoms. The number of ether oxygens (including phenoxy) is 5. The maximum atomic E-state index is 12.6. The summed E-state index contributed by atoms with van der Waals surface area (Å²) in [6, 6.07) is 7.04. The van der Waals surface area contributed by atoms with Gasteiger partial charge in [0.05, 0.1) is 44.1 Å². The highest BCUT2D eigenvalue weighted by Gasteiger charge is 2.53. The summed E-state index contributed by atoms with van der Waals surface area (Å²) in [5.41, 5.74) is -2.13. The molecule has 2 fully saturated rings. The van der Waals surface area contributed by atoms with E-state index in [-0.39, 0.29) is 24.7 Å². The highest BCUT2D eigenvalue weighted by Crippen LogP contribution is 2.41. The molecule has 1 aromatic carbocycles. The number of hydrogen-bond donors (Lipinski definition) is 4. The predicted octanol–water partition coefficient (Wildman–Crippen LogP) is 3.21. The quantitative estimate of drug-likeness (QED) is 0.260. The van der Waals surface area contributed by atoms with Crippen molar-refractivity contribution in [2.24, 2.45) is 23.7 Å². The highest BCUT2D eigenvalue weighted by molar-refractivity contribution is 5.72. The largest absolute Gasteiger partial charge is 0.497 e. The maximum absolute atomic E-state index is 12.6. The fourth-order valence-corrected chi connectivity index (χ4v) is 6.97. The lowest BCUT2D eigenvalue weighted by Gasteiger charge is -2.50. The molecule has 0 saturated carbocycles. The number of hydrogen-bond acceptors (Lipinski definition) is 10. The minimum Gasteiger partial charge on any atom is -0.497 e. The number of methoxy groups -OCH3 is 2. The van der Waals surface area contributed by atoms with Crippen molar-refractivity contribution in [3.8, 4) is 5.75 Å². The molecule has 0 spiro atoms. The van der Waals surface area contributed by atoms with Crippen molar-refractivity contribution >= 4 is 12.1 Å². The number of nitrogens with one attached hydrogen (secondary N) is 1. The van der Waals surface area contributed by atoms with Crippen LogP contribution in [0.4, 0.5) is 4.79 Å². The standard InChI is InChI=1S/C32H51NO10/c1-10-23(34)32(7,38)28-18(3)25(33-30(36)43-28)17(2)16-31(6,37)27-19(4)26(20(5)29(35)40-9)41-24(42-27)15-21-11-13-22(39-8)14-12-21/h11-14,17-20,23-28,34,37-38H,10,15-16H2,1-9H3,(H,33,36). The minimum atomic E-state index is -1.66. The van der Waals surface area contributed by atoms with Gasteiger partial charge in [0, 0.05) is 24.3 Å². The smallest absolute Gasteiger partial charge is 0.407 e. The number of benzene rings is 1. The van der Waals surface area contributed by atoms with E-state index >= 15 is 0 Å². The summed E-state index contributed by atoms with van der Waals surface area (Å²) in [4.78, 5) is 25.2. The molecule has 11 nitrogen and oxygen atoms in total. The Bertz CT molecular complexity index is 1080. The van der Waals surface area contributed by atoms with Gasteiger partial charge in [0.15, 0.2) is 6.29 Å². The van der Waals surface area contributed by atoms with Crippen molar-refractivity contribution in [3.05, 3.63) is 29.8 Å². The molecule has 4 N–H and O–H groups in total. The SMILES string of the molecule is CCC(O)C(C)(O)C1OC(=O)NC(C(C)CC(C)(O)C2OC(Cc3ccc(OC)cc3)OC(C(C)C(=O)OC)C2C)C1C. The van der Waals surface area contributed by atoms with Crippen LogP contribution < -0.4 is 10.1 Å². The Morgan fingerprint density at radius 1 is 1.05 bits per heavy atom. The zero-order valence-corrected chi connectivity index (χ0v) is 26.9. The summed E-state index contributed by atoms with van der Waals surface area (Å²) in [5, 5.41) is 36.5. The third-order valence-corrected chi connectivity index (χ3v) is 9.39. The third-order valence-electron chi connectivity index (χ3n) is 9.39. The van der Waals surface area contributed by atoms with Gasteiger partial charge in [-0.3, -0.25) is 4.79 Å². The second-order valence-electron chi connectivity index (χ2n) is 12.9. The lowest BCUT2D eigenvalue weighted by molar-refractivity contribution is -0.306. The van der Waals surface area contributed by atoms with Gasteiger partial charge in [0.25, 0.3) is 0 Å². The van der Waals surface area contributed by atoms with E-state index in [0.717, 1.165) is 11.3 Å². The van der Waals surface area contributed by atoms with Crippen LogP contribution in [0.25, 0.3) is 0 Å². The van der Waals surface area contributed by atoms with Crippen LogP contribution in [-0.4, -0.2) is 89.6 Å². The molecule has 1 amide bonds. The van der Waals surface area contributed by atoms with Crippen LogP contribution in [0, 0.1) is 23.7 Å². The normalized spacial score (nSPS) is 32.7. The Kier molecular flexibility index (Phi) is 11.5. The van der Waals surface area contributed by atoms with Crippen LogP contribution in [0.15, 0.2) is 24.3 Å². The van der Waals surface area contributed by atoms with Gasteiger partial charge < -0.3 is 44.3 Å². The maximum Gasteiger partial charge on any atom is 0.407 e. The fraction of sp³-hybridized carbons (Fsp3) is 0.750. The Balaban J connectivity index is 1.85. The second-order valence-corrected chi connectivity index (χ2v) is 12.9. The number of alkyl carbamates (subject to hydrolysis) is 1. The van der Waals surface area contributed by atoms with Crippen LogP contribution in [0.5, 0.6) is 5.75 Å². The number of rotatable bonds is 12. The van der Waals surface area contributed by atoms with E-state index in [1.54, 1.807) is 27.9 Å². The van der Waals surface area contributed by atoms with Crippen molar-refractivity contribution in [1.82, 2.24) is 5.32 Å². The first-order chi connectivity index (χ1) is 20.1. The lowest BCUT2D eigenvalue weighted by Crippen LogP contribution is -2.64. The van der Waals surface area contributed by atoms with Gasteiger partial charge in [0.1, 0.15) is 17.5 Å². The van der Waals surface area contributed by atoms with Gasteiger partial charge in [-0.1, -0.05) is 39.8 Å². The Hall–Kier alpha value is -2.44. The van der Waals surface area contributed by atoms with Gasteiger partial charge >= 0.3 is 12.1 Å². The van der Waals surface area contributed by atoms with Gasteiger partial charge in [-0.05, 0) is 57.2 Å². The monoisotopic (exact) mass is 609 g/mol. The molecule has 1 aromatic rings. The summed E-state index contributed by atoms with van der Waals surface area (Å²) in [5.74, 6) is -1.37. The molecule has 2 heterocycles. The van der Waals surface area contributed by atoms with Gasteiger partial charge in [-0.25, -0.2) is 4.79 Å². The van der Waals surface area contributed by atoms with E-state index in [9.17, 15) is 24.9 Å². The summed E-state index contributed by atoms with van der Waals surface area (Å²) in [6.45, 7) is 12.3. The number of amides is 1. The molecule has 12 unspecified atom stereocenters. The first-order valence-corrected chi connectivity index (χ1v) is 15.2. The average Bonchev–Trinajstić information content (AvgIpc) is 2.97. The first kappa shape index (κ1) is 35.0. The Morgan fingerprint density at radius 2 is 1.67 bits per heavy atom. The number of esters is 1. The molecule has 244 valence electrons. The molecule has 12 atom stereocenters. The van der Waals surface area contributed by atoms with Gasteiger partial charge in [-0.15, -0.1) is 0 Å². The number of carbonyl (C=O) groups is 2. The molecule has 0 aromatic heterocycles. The van der Waals surface area contributed by atoms with Crippen molar-refractivity contribution in [3.63, 3.8) is 0 Å². The highest BCUT2D eigenvalue weighted by atomic mass is 16.7. The zero-order valence-electron chi connectivity index (χ0n) is 26.9. The summed E-state index contributed by atoms with van der Waals surface area (Å²) in [7, 11) is 2.93. The molecule has 3 rings (SSSR count). The molecule has 2 aliphatic heterocycles. The summed E-state index contributed by atoms with van der Waals surface area (Å²) < 4.78 is 28.5. The molecule has 0 radical (unpaired) electrons. The number of cyclic esters (lactones) is 1. The van der Waals surface area contributed by atoms with Crippen LogP contribution >= 0.6 is 0 Å². The Morgan fingerprint density at radius 3 is 2.23 bits per heavy atom. The summed E-state index contributed by atoms with van der Waals surface area (Å²) >= 11 is 0. The van der Waals surface area contributed by atoms with Crippen LogP contribution in [-0.2, 0) is 30.2 Å². The molecular weight excluding hydrogens is 558 g/mol. The van der Waals surface area contributed by atoms with Crippen LogP contribution in [0.2, 0.25) is 0 Å². The second kappa shape index (κ2) is 14.1. The molecule has 43 heavy (non-hydrogen) atoms. The van der Waals surface area contributed by atoms with Crippen LogP contribution in [0.3, 0.4) is 0 Å². The molecule has 0 bridgehead atoms. The van der Waals surface area contributed by atoms with Crippen molar-refractivity contribution in [2.45, 2.75) is 116 Å². The molecular formula is C32H51NO10. The number of aliphatic hydroxyl groups excluding tert-OH is 1. The van der Waals surface area contributed by atoms with Crippen molar-refractivity contribution < 1.29 is 48.6 Å². The van der Waals surface area contributed by atoms with E-state index in [1.807, 2.05) is 45.0 Å². The first-order valence-electron chi connectivity index (χ1n) is 15.2. The predicted molar refractivity (Wildman–Crippen MR) is 158 cm³/mol. The molecule has 0 aliphatic carbocycles. The topological polar surface area (TPSA) is 153 Å². The lowest BCUT2D eigenvalue weighted by atomic mass is 9.72. The van der Waals surface area contributed by atoms with E-state index in [4.69, 9.17) is 23.7 Å². The van der Waals surface area contributed by atoms with E-state index in [2.05, 4.69) is 5.32 Å². The van der Waals surface area contributed by atoms with Crippen LogP contribution in [0.1, 0.15) is 66.9 Å². The van der Waals surface area contributed by atoms with E-state index < -0.39 is 71.8 Å². The minimum absolute atomic E-state index is 0.219. The average molecular weight is 610 g/mol. The van der Waals surface area contributed by atoms with Gasteiger partial charge in [-0.2, -0.15) is 0 Å². The zero-order chi connectivity index (χ0) is 32.3.